The topological polar surface area (TPSA) is 60.2 Å². The summed E-state index contributed by atoms with van der Waals surface area (Å²) in [5.74, 6) is 0. The van der Waals surface area contributed by atoms with Gasteiger partial charge in [0.25, 0.3) is 0 Å². The predicted octanol–water partition coefficient (Wildman–Crippen LogP) is 0.442. The highest BCUT2D eigenvalue weighted by Crippen LogP contribution is 2.00. The molecular weight excluding hydrogens is 178 g/mol. The van der Waals surface area contributed by atoms with Crippen LogP contribution in [0.4, 0.5) is 5.69 Å². The van der Waals surface area contributed by atoms with Gasteiger partial charge in [-0.1, -0.05) is 0 Å². The van der Waals surface area contributed by atoms with Crippen molar-refractivity contribution in [1.82, 2.24) is 10.3 Å². The molecule has 0 amide bonds. The van der Waals surface area contributed by atoms with Crippen LogP contribution in [-0.2, 0) is 11.2 Å². The van der Waals surface area contributed by atoms with Crippen molar-refractivity contribution < 1.29 is 4.74 Å². The Morgan fingerprint density at radius 1 is 1.43 bits per heavy atom. The molecule has 14 heavy (non-hydrogen) atoms. The summed E-state index contributed by atoms with van der Waals surface area (Å²) in [6, 6.07) is 3.82. The molecular formula is C10H17N3O. The zero-order chi connectivity index (χ0) is 10.2. The molecule has 0 aromatic carbocycles. The van der Waals surface area contributed by atoms with Gasteiger partial charge in [-0.05, 0) is 12.1 Å². The van der Waals surface area contributed by atoms with Gasteiger partial charge in [0.2, 0.25) is 0 Å². The highest BCUT2D eigenvalue weighted by molar-refractivity contribution is 5.34. The Bertz CT molecular complexity index is 248. The van der Waals surface area contributed by atoms with E-state index < -0.39 is 0 Å². The summed E-state index contributed by atoms with van der Waals surface area (Å²) in [6.07, 6.45) is 2.61. The molecule has 1 rings (SSSR count). The van der Waals surface area contributed by atoms with Crippen LogP contribution in [0.15, 0.2) is 18.3 Å². The molecule has 0 saturated heterocycles. The molecule has 0 atom stereocenters. The number of methoxy groups -OCH3 is 1. The molecule has 0 aliphatic rings. The Morgan fingerprint density at radius 3 is 2.93 bits per heavy atom. The summed E-state index contributed by atoms with van der Waals surface area (Å²) in [6.45, 7) is 2.54. The third kappa shape index (κ3) is 4.20. The molecule has 0 bridgehead atoms. The van der Waals surface area contributed by atoms with E-state index in [0.29, 0.717) is 5.69 Å². The molecule has 0 aliphatic carbocycles. The summed E-state index contributed by atoms with van der Waals surface area (Å²) in [5, 5.41) is 3.25. The molecule has 4 nitrogen and oxygen atoms in total. The average molecular weight is 195 g/mol. The molecule has 0 unspecified atom stereocenters. The molecule has 0 fully saturated rings. The smallest absolute Gasteiger partial charge is 0.0587 e. The van der Waals surface area contributed by atoms with Crippen LogP contribution in [0.2, 0.25) is 0 Å². The van der Waals surface area contributed by atoms with Gasteiger partial charge in [0.15, 0.2) is 0 Å². The van der Waals surface area contributed by atoms with E-state index in [2.05, 4.69) is 10.3 Å². The van der Waals surface area contributed by atoms with Gasteiger partial charge in [-0.3, -0.25) is 4.98 Å². The molecule has 4 heteroatoms. The first kappa shape index (κ1) is 10.9. The fourth-order valence-corrected chi connectivity index (χ4v) is 1.10. The molecule has 3 N–H and O–H groups in total. The number of pyridine rings is 1. The first-order valence-corrected chi connectivity index (χ1v) is 4.73. The minimum Gasteiger partial charge on any atom is -0.397 e. The summed E-state index contributed by atoms with van der Waals surface area (Å²) in [5.41, 5.74) is 7.30. The monoisotopic (exact) mass is 195 g/mol. The number of nitrogens with zero attached hydrogens (tertiary/aromatic N) is 1. The normalized spacial score (nSPS) is 10.4. The van der Waals surface area contributed by atoms with Gasteiger partial charge in [0, 0.05) is 32.3 Å². The minimum atomic E-state index is 0.709. The Morgan fingerprint density at radius 2 is 2.29 bits per heavy atom. The molecule has 1 aromatic rings. The molecule has 78 valence electrons. The van der Waals surface area contributed by atoms with Crippen molar-refractivity contribution >= 4 is 5.69 Å². The highest BCUT2D eigenvalue weighted by atomic mass is 16.5. The van der Waals surface area contributed by atoms with Gasteiger partial charge in [-0.15, -0.1) is 0 Å². The Labute approximate surface area is 84.5 Å². The number of rotatable bonds is 6. The zero-order valence-corrected chi connectivity index (χ0v) is 8.49. The van der Waals surface area contributed by atoms with E-state index >= 15 is 0 Å². The number of nitrogens with one attached hydrogen (secondary N) is 1. The van der Waals surface area contributed by atoms with Crippen molar-refractivity contribution in [3.63, 3.8) is 0 Å². The molecule has 1 heterocycles. The Balaban J connectivity index is 2.15. The van der Waals surface area contributed by atoms with Gasteiger partial charge >= 0.3 is 0 Å². The second-order valence-electron chi connectivity index (χ2n) is 3.08. The van der Waals surface area contributed by atoms with Gasteiger partial charge < -0.3 is 15.8 Å². The fraction of sp³-hybridized carbons (Fsp3) is 0.500. The number of anilines is 1. The minimum absolute atomic E-state index is 0.709. The quantitative estimate of drug-likeness (QED) is 0.647. The number of nitrogens with two attached hydrogens (primary N) is 1. The summed E-state index contributed by atoms with van der Waals surface area (Å²) in [7, 11) is 1.70. The van der Waals surface area contributed by atoms with Crippen LogP contribution >= 0.6 is 0 Å². The summed E-state index contributed by atoms with van der Waals surface area (Å²) in [4.78, 5) is 4.20. The van der Waals surface area contributed by atoms with E-state index in [0.717, 1.165) is 31.8 Å². The van der Waals surface area contributed by atoms with Crippen LogP contribution in [0.5, 0.6) is 0 Å². The van der Waals surface area contributed by atoms with Gasteiger partial charge in [0.05, 0.1) is 18.5 Å². The Kier molecular flexibility index (Phi) is 4.96. The standard InChI is InChI=1S/C10H17N3O/c1-14-7-6-12-5-4-10-3-2-9(11)8-13-10/h2-3,8,12H,4-7,11H2,1H3. The van der Waals surface area contributed by atoms with Crippen molar-refractivity contribution in [2.75, 3.05) is 32.5 Å². The van der Waals surface area contributed by atoms with Crippen LogP contribution in [0.3, 0.4) is 0 Å². The van der Waals surface area contributed by atoms with Crippen LogP contribution in [0, 0.1) is 0 Å². The fourth-order valence-electron chi connectivity index (χ4n) is 1.10. The lowest BCUT2D eigenvalue weighted by Crippen LogP contribution is -2.21. The van der Waals surface area contributed by atoms with E-state index in [9.17, 15) is 0 Å². The highest BCUT2D eigenvalue weighted by Gasteiger charge is 1.93. The van der Waals surface area contributed by atoms with E-state index in [4.69, 9.17) is 10.5 Å². The maximum Gasteiger partial charge on any atom is 0.0587 e. The largest absolute Gasteiger partial charge is 0.397 e. The third-order valence-electron chi connectivity index (χ3n) is 1.89. The van der Waals surface area contributed by atoms with Crippen molar-refractivity contribution in [1.29, 1.82) is 0 Å². The van der Waals surface area contributed by atoms with Crippen LogP contribution in [-0.4, -0.2) is 31.8 Å². The molecule has 0 radical (unpaired) electrons. The van der Waals surface area contributed by atoms with Gasteiger partial charge in [-0.25, -0.2) is 0 Å². The maximum absolute atomic E-state index is 5.53. The van der Waals surface area contributed by atoms with E-state index in [-0.39, 0.29) is 0 Å². The number of aromatic nitrogens is 1. The van der Waals surface area contributed by atoms with Crippen LogP contribution in [0.25, 0.3) is 0 Å². The lowest BCUT2D eigenvalue weighted by molar-refractivity contribution is 0.199. The molecule has 1 aromatic heterocycles. The second-order valence-corrected chi connectivity index (χ2v) is 3.08. The molecule has 0 aliphatic heterocycles. The average Bonchev–Trinajstić information content (AvgIpc) is 2.21. The van der Waals surface area contributed by atoms with Crippen molar-refractivity contribution in [2.24, 2.45) is 0 Å². The van der Waals surface area contributed by atoms with Crippen molar-refractivity contribution in [2.45, 2.75) is 6.42 Å². The van der Waals surface area contributed by atoms with E-state index in [1.807, 2.05) is 12.1 Å². The van der Waals surface area contributed by atoms with E-state index in [1.54, 1.807) is 13.3 Å². The van der Waals surface area contributed by atoms with Gasteiger partial charge in [0.1, 0.15) is 0 Å². The summed E-state index contributed by atoms with van der Waals surface area (Å²) >= 11 is 0. The van der Waals surface area contributed by atoms with Crippen molar-refractivity contribution in [3.05, 3.63) is 24.0 Å². The number of hydrogen-bond donors (Lipinski definition) is 2. The summed E-state index contributed by atoms with van der Waals surface area (Å²) < 4.78 is 4.92. The van der Waals surface area contributed by atoms with E-state index in [1.165, 1.54) is 0 Å². The van der Waals surface area contributed by atoms with Crippen molar-refractivity contribution in [3.8, 4) is 0 Å². The van der Waals surface area contributed by atoms with Gasteiger partial charge in [-0.2, -0.15) is 0 Å². The van der Waals surface area contributed by atoms with Crippen LogP contribution in [0.1, 0.15) is 5.69 Å². The Hall–Kier alpha value is -1.13. The maximum atomic E-state index is 5.53. The number of nitrogen functional groups attached to an aromatic ring is 1. The molecule has 0 saturated carbocycles. The third-order valence-corrected chi connectivity index (χ3v) is 1.89. The SMILES string of the molecule is COCCNCCc1ccc(N)cn1. The first-order valence-electron chi connectivity index (χ1n) is 4.73. The molecule has 0 spiro atoms. The zero-order valence-electron chi connectivity index (χ0n) is 8.49. The lowest BCUT2D eigenvalue weighted by Gasteiger charge is -2.03. The van der Waals surface area contributed by atoms with Crippen LogP contribution < -0.4 is 11.1 Å². The number of hydrogen-bond acceptors (Lipinski definition) is 4. The second kappa shape index (κ2) is 6.34. The number of ether oxygens (including phenoxy) is 1. The first-order chi connectivity index (χ1) is 6.83. The predicted molar refractivity (Wildman–Crippen MR) is 57.1 cm³/mol. The lowest BCUT2D eigenvalue weighted by atomic mass is 10.2.